The van der Waals surface area contributed by atoms with Gasteiger partial charge in [0, 0.05) is 24.1 Å². The molecule has 1 amide bonds. The molecular formula is C30H33NO5. The van der Waals surface area contributed by atoms with E-state index in [4.69, 9.17) is 9.47 Å². The molecule has 1 N–H and O–H groups in total. The van der Waals surface area contributed by atoms with Crippen molar-refractivity contribution in [3.05, 3.63) is 89.5 Å². The van der Waals surface area contributed by atoms with Crippen LogP contribution in [0.3, 0.4) is 0 Å². The Bertz CT molecular complexity index is 1170. The lowest BCUT2D eigenvalue weighted by Gasteiger charge is -2.16. The molecule has 0 bridgehead atoms. The lowest BCUT2D eigenvalue weighted by Crippen LogP contribution is -2.27. The van der Waals surface area contributed by atoms with Crippen LogP contribution in [-0.2, 0) is 14.3 Å². The Morgan fingerprint density at radius 2 is 1.61 bits per heavy atom. The van der Waals surface area contributed by atoms with Gasteiger partial charge >= 0.3 is 5.97 Å². The molecule has 3 aromatic rings. The zero-order valence-corrected chi connectivity index (χ0v) is 21.1. The minimum atomic E-state index is -0.803. The summed E-state index contributed by atoms with van der Waals surface area (Å²) in [5.74, 6) is 0.602. The number of rotatable bonds is 12. The number of Topliss-reactive ketones (excluding diaryl/α,β-unsaturated/α-hetero) is 1. The molecule has 1 atom stereocenters. The zero-order valence-electron chi connectivity index (χ0n) is 21.1. The second-order valence-electron chi connectivity index (χ2n) is 8.79. The van der Waals surface area contributed by atoms with Crippen molar-refractivity contribution in [2.24, 2.45) is 0 Å². The van der Waals surface area contributed by atoms with Gasteiger partial charge in [-0.25, -0.2) is 0 Å². The topological polar surface area (TPSA) is 81.7 Å². The van der Waals surface area contributed by atoms with Crippen molar-refractivity contribution in [3.63, 3.8) is 0 Å². The zero-order chi connectivity index (χ0) is 25.9. The van der Waals surface area contributed by atoms with Crippen molar-refractivity contribution in [3.8, 4) is 11.5 Å². The molecule has 6 heteroatoms. The summed E-state index contributed by atoms with van der Waals surface area (Å²) in [6, 6.07) is 22.0. The number of nitrogens with one attached hydrogen (secondary N) is 1. The van der Waals surface area contributed by atoms with Crippen LogP contribution < -0.4 is 10.1 Å². The monoisotopic (exact) mass is 487 g/mol. The molecule has 3 rings (SSSR count). The number of carbonyl (C=O) groups is 3. The highest BCUT2D eigenvalue weighted by atomic mass is 16.5. The number of esters is 1. The fraction of sp³-hybridized carbons (Fsp3) is 0.300. The van der Waals surface area contributed by atoms with E-state index in [1.807, 2.05) is 45.0 Å². The van der Waals surface area contributed by atoms with E-state index in [0.717, 1.165) is 16.9 Å². The minimum absolute atomic E-state index is 0.0678. The molecule has 0 aliphatic rings. The van der Waals surface area contributed by atoms with Gasteiger partial charge in [-0.1, -0.05) is 55.8 Å². The lowest BCUT2D eigenvalue weighted by molar-refractivity contribution is -0.147. The van der Waals surface area contributed by atoms with Crippen LogP contribution in [0, 0.1) is 13.8 Å². The Morgan fingerprint density at radius 3 is 2.31 bits per heavy atom. The highest BCUT2D eigenvalue weighted by Crippen LogP contribution is 2.27. The van der Waals surface area contributed by atoms with Crippen molar-refractivity contribution < 1.29 is 23.9 Å². The van der Waals surface area contributed by atoms with Gasteiger partial charge in [0.1, 0.15) is 11.5 Å². The van der Waals surface area contributed by atoms with E-state index < -0.39 is 12.1 Å². The first-order chi connectivity index (χ1) is 17.4. The summed E-state index contributed by atoms with van der Waals surface area (Å²) >= 11 is 0. The Morgan fingerprint density at radius 1 is 0.889 bits per heavy atom. The van der Waals surface area contributed by atoms with E-state index in [2.05, 4.69) is 5.32 Å². The van der Waals surface area contributed by atoms with Crippen LogP contribution in [-0.4, -0.2) is 23.8 Å². The molecule has 0 aliphatic heterocycles. The predicted octanol–water partition coefficient (Wildman–Crippen LogP) is 6.80. The number of amides is 1. The molecule has 1 unspecified atom stereocenters. The van der Waals surface area contributed by atoms with Crippen LogP contribution in [0.5, 0.6) is 11.5 Å². The number of ketones is 1. The van der Waals surface area contributed by atoms with E-state index >= 15 is 0 Å². The van der Waals surface area contributed by atoms with Crippen LogP contribution >= 0.6 is 0 Å². The minimum Gasteiger partial charge on any atom is -0.457 e. The van der Waals surface area contributed by atoms with Crippen molar-refractivity contribution in [2.45, 2.75) is 59.0 Å². The van der Waals surface area contributed by atoms with Gasteiger partial charge in [0.05, 0.1) is 0 Å². The number of anilines is 1. The average Bonchev–Trinajstić information content (AvgIpc) is 2.87. The SMILES string of the molecule is CCCC(OC(=O)CCCC(=O)Nc1ccc(Oc2cc(C)ccc2C)cc1)C(=O)c1ccccc1. The predicted molar refractivity (Wildman–Crippen MR) is 140 cm³/mol. The largest absolute Gasteiger partial charge is 0.457 e. The summed E-state index contributed by atoms with van der Waals surface area (Å²) in [6.45, 7) is 5.94. The average molecular weight is 488 g/mol. The van der Waals surface area contributed by atoms with Gasteiger partial charge in [0.25, 0.3) is 0 Å². The molecule has 0 heterocycles. The maximum atomic E-state index is 12.7. The Hall–Kier alpha value is -3.93. The van der Waals surface area contributed by atoms with Gasteiger partial charge in [-0.05, 0) is 68.1 Å². The van der Waals surface area contributed by atoms with Crippen LogP contribution in [0.2, 0.25) is 0 Å². The van der Waals surface area contributed by atoms with Gasteiger partial charge in [-0.15, -0.1) is 0 Å². The number of hydrogen-bond acceptors (Lipinski definition) is 5. The molecule has 188 valence electrons. The maximum Gasteiger partial charge on any atom is 0.306 e. The molecule has 0 spiro atoms. The summed E-state index contributed by atoms with van der Waals surface area (Å²) < 4.78 is 11.4. The summed E-state index contributed by atoms with van der Waals surface area (Å²) in [7, 11) is 0. The second kappa shape index (κ2) is 13.2. The first kappa shape index (κ1) is 26.7. The van der Waals surface area contributed by atoms with Gasteiger partial charge in [0.15, 0.2) is 6.10 Å². The summed E-state index contributed by atoms with van der Waals surface area (Å²) in [5.41, 5.74) is 3.33. The highest BCUT2D eigenvalue weighted by Gasteiger charge is 2.23. The first-order valence-corrected chi connectivity index (χ1v) is 12.3. The van der Waals surface area contributed by atoms with Crippen molar-refractivity contribution >= 4 is 23.3 Å². The third-order valence-corrected chi connectivity index (χ3v) is 5.67. The van der Waals surface area contributed by atoms with Crippen LogP contribution in [0.25, 0.3) is 0 Å². The molecule has 6 nitrogen and oxygen atoms in total. The van der Waals surface area contributed by atoms with E-state index in [9.17, 15) is 14.4 Å². The molecule has 0 fully saturated rings. The normalized spacial score (nSPS) is 11.4. The molecule has 0 radical (unpaired) electrons. The number of carbonyl (C=O) groups excluding carboxylic acids is 3. The van der Waals surface area contributed by atoms with Crippen molar-refractivity contribution in [2.75, 3.05) is 5.32 Å². The summed E-state index contributed by atoms with van der Waals surface area (Å²) in [6.07, 6.45) is 0.940. The first-order valence-electron chi connectivity index (χ1n) is 12.3. The molecule has 0 saturated carbocycles. The highest BCUT2D eigenvalue weighted by molar-refractivity contribution is 6.00. The Kier molecular flexibility index (Phi) is 9.81. The number of aryl methyl sites for hydroxylation is 2. The molecular weight excluding hydrogens is 454 g/mol. The fourth-order valence-electron chi connectivity index (χ4n) is 3.68. The Balaban J connectivity index is 1.43. The molecule has 0 saturated heterocycles. The van der Waals surface area contributed by atoms with Gasteiger partial charge in [-0.2, -0.15) is 0 Å². The van der Waals surface area contributed by atoms with Gasteiger partial charge in [-0.3, -0.25) is 14.4 Å². The van der Waals surface area contributed by atoms with E-state index in [0.29, 0.717) is 36.3 Å². The van der Waals surface area contributed by atoms with E-state index in [1.54, 1.807) is 48.5 Å². The molecule has 3 aromatic carbocycles. The van der Waals surface area contributed by atoms with E-state index in [1.165, 1.54) is 0 Å². The van der Waals surface area contributed by atoms with Crippen LogP contribution in [0.4, 0.5) is 5.69 Å². The third-order valence-electron chi connectivity index (χ3n) is 5.67. The standard InChI is InChI=1S/C30H33NO5/c1-4-9-26(30(34)23-10-6-5-7-11-23)36-29(33)13-8-12-28(32)31-24-16-18-25(19-17-24)35-27-20-21(2)14-15-22(27)3/h5-7,10-11,14-20,26H,4,8-9,12-13H2,1-3H3,(H,31,32). The number of ether oxygens (including phenoxy) is 2. The second-order valence-corrected chi connectivity index (χ2v) is 8.79. The van der Waals surface area contributed by atoms with Crippen molar-refractivity contribution in [1.29, 1.82) is 0 Å². The number of hydrogen-bond donors (Lipinski definition) is 1. The van der Waals surface area contributed by atoms with Gasteiger partial charge in [0.2, 0.25) is 11.7 Å². The Labute approximate surface area is 212 Å². The van der Waals surface area contributed by atoms with E-state index in [-0.39, 0.29) is 24.5 Å². The smallest absolute Gasteiger partial charge is 0.306 e. The fourth-order valence-corrected chi connectivity index (χ4v) is 3.68. The molecule has 0 aliphatic carbocycles. The lowest BCUT2D eigenvalue weighted by atomic mass is 10.0. The quantitative estimate of drug-likeness (QED) is 0.224. The summed E-state index contributed by atoms with van der Waals surface area (Å²) in [5, 5.41) is 2.83. The molecule has 0 aromatic heterocycles. The van der Waals surface area contributed by atoms with Crippen LogP contribution in [0.15, 0.2) is 72.8 Å². The van der Waals surface area contributed by atoms with Gasteiger partial charge < -0.3 is 14.8 Å². The number of benzene rings is 3. The third kappa shape index (κ3) is 8.08. The maximum absolute atomic E-state index is 12.7. The van der Waals surface area contributed by atoms with Crippen LogP contribution in [0.1, 0.15) is 60.5 Å². The van der Waals surface area contributed by atoms with Crippen molar-refractivity contribution in [1.82, 2.24) is 0 Å². The molecule has 36 heavy (non-hydrogen) atoms. The summed E-state index contributed by atoms with van der Waals surface area (Å²) in [4.78, 5) is 37.3.